The number of aromatic nitrogens is 2. The van der Waals surface area contributed by atoms with E-state index < -0.39 is 0 Å². The van der Waals surface area contributed by atoms with Crippen LogP contribution in [0.1, 0.15) is 36.7 Å². The van der Waals surface area contributed by atoms with E-state index in [9.17, 15) is 9.18 Å². The number of aryl methyl sites for hydroxylation is 1. The molecule has 1 aromatic heterocycles. The summed E-state index contributed by atoms with van der Waals surface area (Å²) in [5, 5.41) is 0. The normalized spacial score (nSPS) is 11.0. The predicted octanol–water partition coefficient (Wildman–Crippen LogP) is 5.72. The zero-order valence-corrected chi connectivity index (χ0v) is 18.7. The molecule has 0 radical (unpaired) electrons. The van der Waals surface area contributed by atoms with Crippen LogP contribution in [0.4, 0.5) is 4.39 Å². The average Bonchev–Trinajstić information content (AvgIpc) is 3.17. The highest BCUT2D eigenvalue weighted by molar-refractivity contribution is 5.76. The Kier molecular flexibility index (Phi) is 7.35. The van der Waals surface area contributed by atoms with Crippen molar-refractivity contribution in [1.82, 2.24) is 9.55 Å². The van der Waals surface area contributed by atoms with Crippen molar-refractivity contribution in [3.8, 4) is 11.5 Å². The molecule has 5 nitrogen and oxygen atoms in total. The summed E-state index contributed by atoms with van der Waals surface area (Å²) in [6.45, 7) is 3.19. The standard InChI is InChI=1S/C27H27FN2O3/c1-2-3-8-27-29-24-17-22(28)11-14-25(24)30(27)18-21-6-4-5-7-26(21)33-19-20-9-12-23(13-10-20)32-16-15-31/h4-7,9-15,17H,2-3,8,16,18-19H2,1H3. The molecule has 0 aliphatic heterocycles. The molecule has 0 bridgehead atoms. The number of ether oxygens (including phenoxy) is 2. The molecule has 6 heteroatoms. The first-order valence-electron chi connectivity index (χ1n) is 11.2. The number of hydrogen-bond acceptors (Lipinski definition) is 4. The van der Waals surface area contributed by atoms with E-state index in [0.717, 1.165) is 53.8 Å². The van der Waals surface area contributed by atoms with E-state index in [-0.39, 0.29) is 12.4 Å². The quantitative estimate of drug-likeness (QED) is 0.276. The van der Waals surface area contributed by atoms with Gasteiger partial charge in [-0.2, -0.15) is 0 Å². The van der Waals surface area contributed by atoms with Gasteiger partial charge in [-0.05, 0) is 42.3 Å². The molecule has 0 unspecified atom stereocenters. The van der Waals surface area contributed by atoms with Crippen LogP contribution < -0.4 is 9.47 Å². The number of carbonyl (C=O) groups excluding carboxylic acids is 1. The van der Waals surface area contributed by atoms with E-state index in [0.29, 0.717) is 24.4 Å². The van der Waals surface area contributed by atoms with E-state index in [1.165, 1.54) is 12.1 Å². The fourth-order valence-electron chi connectivity index (χ4n) is 3.77. The Hall–Kier alpha value is -3.67. The molecule has 0 amide bonds. The minimum atomic E-state index is -0.277. The monoisotopic (exact) mass is 446 g/mol. The van der Waals surface area contributed by atoms with Gasteiger partial charge in [0.05, 0.1) is 17.6 Å². The van der Waals surface area contributed by atoms with Crippen molar-refractivity contribution < 1.29 is 18.7 Å². The van der Waals surface area contributed by atoms with Crippen LogP contribution in [0.5, 0.6) is 11.5 Å². The van der Waals surface area contributed by atoms with Crippen molar-refractivity contribution in [2.75, 3.05) is 6.61 Å². The van der Waals surface area contributed by atoms with Crippen molar-refractivity contribution in [3.63, 3.8) is 0 Å². The van der Waals surface area contributed by atoms with Gasteiger partial charge in [-0.3, -0.25) is 4.79 Å². The van der Waals surface area contributed by atoms with Crippen LogP contribution in [-0.4, -0.2) is 22.4 Å². The summed E-state index contributed by atoms with van der Waals surface area (Å²) in [7, 11) is 0. The highest BCUT2D eigenvalue weighted by Crippen LogP contribution is 2.25. The molecule has 4 rings (SSSR count). The Bertz CT molecular complexity index is 1220. The number of benzene rings is 3. The number of fused-ring (bicyclic) bond motifs is 1. The van der Waals surface area contributed by atoms with Crippen LogP contribution in [0.2, 0.25) is 0 Å². The van der Waals surface area contributed by atoms with E-state index >= 15 is 0 Å². The summed E-state index contributed by atoms with van der Waals surface area (Å²) >= 11 is 0. The molecule has 0 fully saturated rings. The number of para-hydroxylation sites is 1. The Morgan fingerprint density at radius 2 is 1.85 bits per heavy atom. The van der Waals surface area contributed by atoms with Gasteiger partial charge in [-0.25, -0.2) is 9.37 Å². The zero-order valence-electron chi connectivity index (χ0n) is 18.7. The van der Waals surface area contributed by atoms with Gasteiger partial charge < -0.3 is 14.0 Å². The van der Waals surface area contributed by atoms with Gasteiger partial charge in [-0.15, -0.1) is 0 Å². The summed E-state index contributed by atoms with van der Waals surface area (Å²) in [6.07, 6.45) is 3.66. The SMILES string of the molecule is CCCCc1nc2cc(F)ccc2n1Cc1ccccc1OCc1ccc(OCC=O)cc1. The molecule has 0 aliphatic carbocycles. The smallest absolute Gasteiger partial charge is 0.157 e. The molecule has 4 aromatic rings. The second-order valence-electron chi connectivity index (χ2n) is 7.87. The molecule has 1 heterocycles. The summed E-state index contributed by atoms with van der Waals surface area (Å²) in [4.78, 5) is 15.2. The fourth-order valence-corrected chi connectivity index (χ4v) is 3.77. The number of nitrogens with zero attached hydrogens (tertiary/aromatic N) is 2. The first-order valence-corrected chi connectivity index (χ1v) is 11.2. The van der Waals surface area contributed by atoms with Gasteiger partial charge in [0, 0.05) is 18.1 Å². The third-order valence-electron chi connectivity index (χ3n) is 5.48. The Labute approximate surface area is 192 Å². The van der Waals surface area contributed by atoms with Gasteiger partial charge in [0.1, 0.15) is 36.4 Å². The number of halogens is 1. The van der Waals surface area contributed by atoms with Gasteiger partial charge in [0.2, 0.25) is 0 Å². The second kappa shape index (κ2) is 10.8. The third-order valence-corrected chi connectivity index (χ3v) is 5.48. The lowest BCUT2D eigenvalue weighted by atomic mass is 10.1. The molecule has 0 atom stereocenters. The van der Waals surface area contributed by atoms with E-state index in [4.69, 9.17) is 14.5 Å². The zero-order chi connectivity index (χ0) is 23.0. The second-order valence-corrected chi connectivity index (χ2v) is 7.87. The number of rotatable bonds is 11. The molecule has 0 saturated carbocycles. The lowest BCUT2D eigenvalue weighted by Gasteiger charge is -2.14. The number of aldehydes is 1. The van der Waals surface area contributed by atoms with Gasteiger partial charge in [0.25, 0.3) is 0 Å². The maximum atomic E-state index is 13.8. The minimum Gasteiger partial charge on any atom is -0.489 e. The molecular weight excluding hydrogens is 419 g/mol. The van der Waals surface area contributed by atoms with Gasteiger partial charge in [-0.1, -0.05) is 43.7 Å². The maximum Gasteiger partial charge on any atom is 0.157 e. The molecule has 0 N–H and O–H groups in total. The molecular formula is C27H27FN2O3. The average molecular weight is 447 g/mol. The Morgan fingerprint density at radius 3 is 2.64 bits per heavy atom. The van der Waals surface area contributed by atoms with Crippen LogP contribution in [0.15, 0.2) is 66.7 Å². The van der Waals surface area contributed by atoms with Crippen molar-refractivity contribution in [1.29, 1.82) is 0 Å². The largest absolute Gasteiger partial charge is 0.489 e. The summed E-state index contributed by atoms with van der Waals surface area (Å²) < 4.78 is 27.4. The predicted molar refractivity (Wildman–Crippen MR) is 126 cm³/mol. The number of hydrogen-bond donors (Lipinski definition) is 0. The summed E-state index contributed by atoms with van der Waals surface area (Å²) in [5.74, 6) is 2.12. The van der Waals surface area contributed by atoms with Crippen molar-refractivity contribution in [3.05, 3.63) is 89.5 Å². The summed E-state index contributed by atoms with van der Waals surface area (Å²) in [5.41, 5.74) is 3.62. The molecule has 33 heavy (non-hydrogen) atoms. The van der Waals surface area contributed by atoms with Gasteiger partial charge >= 0.3 is 0 Å². The Balaban J connectivity index is 1.54. The molecule has 0 spiro atoms. The van der Waals surface area contributed by atoms with Crippen molar-refractivity contribution >= 4 is 17.3 Å². The molecule has 0 saturated heterocycles. The highest BCUT2D eigenvalue weighted by Gasteiger charge is 2.14. The first kappa shape index (κ1) is 22.5. The van der Waals surface area contributed by atoms with Crippen LogP contribution in [-0.2, 0) is 24.4 Å². The topological polar surface area (TPSA) is 53.4 Å². The number of carbonyl (C=O) groups is 1. The number of imidazole rings is 1. The van der Waals surface area contributed by atoms with Crippen LogP contribution >= 0.6 is 0 Å². The van der Waals surface area contributed by atoms with Crippen LogP contribution in [0.3, 0.4) is 0 Å². The van der Waals surface area contributed by atoms with E-state index in [1.54, 1.807) is 6.07 Å². The van der Waals surface area contributed by atoms with Crippen LogP contribution in [0.25, 0.3) is 11.0 Å². The van der Waals surface area contributed by atoms with E-state index in [1.807, 2.05) is 48.5 Å². The molecule has 170 valence electrons. The van der Waals surface area contributed by atoms with Crippen molar-refractivity contribution in [2.45, 2.75) is 39.3 Å². The number of unbranched alkanes of at least 4 members (excludes halogenated alkanes) is 1. The van der Waals surface area contributed by atoms with E-state index in [2.05, 4.69) is 11.5 Å². The Morgan fingerprint density at radius 1 is 1.03 bits per heavy atom. The lowest BCUT2D eigenvalue weighted by Crippen LogP contribution is -2.07. The minimum absolute atomic E-state index is 0.0407. The maximum absolute atomic E-state index is 13.8. The van der Waals surface area contributed by atoms with Crippen molar-refractivity contribution in [2.24, 2.45) is 0 Å². The highest BCUT2D eigenvalue weighted by atomic mass is 19.1. The third kappa shape index (κ3) is 5.58. The lowest BCUT2D eigenvalue weighted by molar-refractivity contribution is -0.109. The summed E-state index contributed by atoms with van der Waals surface area (Å²) in [6, 6.07) is 20.2. The fraction of sp³-hybridized carbons (Fsp3) is 0.259. The van der Waals surface area contributed by atoms with Crippen LogP contribution in [0, 0.1) is 5.82 Å². The van der Waals surface area contributed by atoms with Gasteiger partial charge in [0.15, 0.2) is 6.29 Å². The molecule has 3 aromatic carbocycles. The first-order chi connectivity index (χ1) is 16.2. The molecule has 0 aliphatic rings.